The fraction of sp³-hybridized carbons (Fsp3) is 0.0769. The van der Waals surface area contributed by atoms with Crippen molar-refractivity contribution in [1.29, 1.82) is 0 Å². The molecule has 0 unspecified atom stereocenters. The van der Waals surface area contributed by atoms with Gasteiger partial charge in [0.15, 0.2) is 0 Å². The van der Waals surface area contributed by atoms with Gasteiger partial charge in [-0.2, -0.15) is 4.39 Å². The maximum atomic E-state index is 12.6. The second-order valence-electron chi connectivity index (χ2n) is 3.72. The van der Waals surface area contributed by atoms with Crippen molar-refractivity contribution in [2.24, 2.45) is 0 Å². The molecule has 0 saturated carbocycles. The van der Waals surface area contributed by atoms with E-state index in [1.807, 2.05) is 24.3 Å². The zero-order valence-electron chi connectivity index (χ0n) is 9.36. The molecule has 0 spiro atoms. The topological polar surface area (TPSA) is 42.0 Å². The van der Waals surface area contributed by atoms with E-state index in [0.717, 1.165) is 10.0 Å². The van der Waals surface area contributed by atoms with Crippen LogP contribution in [0.25, 0.3) is 0 Å². The van der Waals surface area contributed by atoms with Crippen LogP contribution in [0.5, 0.6) is 0 Å². The van der Waals surface area contributed by atoms with Crippen LogP contribution in [0, 0.1) is 5.95 Å². The number of halogens is 2. The van der Waals surface area contributed by atoms with Gasteiger partial charge >= 0.3 is 0 Å². The highest BCUT2D eigenvalue weighted by Gasteiger charge is 2.04. The number of aromatic nitrogens is 1. The predicted molar refractivity (Wildman–Crippen MR) is 70.7 cm³/mol. The van der Waals surface area contributed by atoms with Gasteiger partial charge in [-0.05, 0) is 29.8 Å². The van der Waals surface area contributed by atoms with Gasteiger partial charge in [0.05, 0.1) is 18.3 Å². The molecule has 1 amide bonds. The second-order valence-corrected chi connectivity index (χ2v) is 4.64. The largest absolute Gasteiger partial charge is 0.324 e. The van der Waals surface area contributed by atoms with E-state index in [4.69, 9.17) is 0 Å². The lowest BCUT2D eigenvalue weighted by molar-refractivity contribution is -0.115. The van der Waals surface area contributed by atoms with Gasteiger partial charge in [-0.15, -0.1) is 0 Å². The maximum Gasteiger partial charge on any atom is 0.228 e. The highest BCUT2D eigenvalue weighted by molar-refractivity contribution is 9.10. The van der Waals surface area contributed by atoms with Gasteiger partial charge < -0.3 is 5.32 Å². The number of nitrogens with one attached hydrogen (secondary N) is 1. The zero-order valence-corrected chi connectivity index (χ0v) is 10.9. The summed E-state index contributed by atoms with van der Waals surface area (Å²) in [5.41, 5.74) is 1.39. The number of carbonyl (C=O) groups excluding carboxylic acids is 1. The lowest BCUT2D eigenvalue weighted by Crippen LogP contribution is -2.14. The third kappa shape index (κ3) is 3.63. The van der Waals surface area contributed by atoms with Crippen molar-refractivity contribution in [3.05, 3.63) is 58.6 Å². The number of carbonyl (C=O) groups is 1. The van der Waals surface area contributed by atoms with E-state index in [9.17, 15) is 9.18 Å². The van der Waals surface area contributed by atoms with Crippen LogP contribution in [0.1, 0.15) is 5.56 Å². The number of nitrogens with zero attached hydrogens (tertiary/aromatic N) is 1. The molecule has 0 saturated heterocycles. The van der Waals surface area contributed by atoms with E-state index in [2.05, 4.69) is 26.2 Å². The number of amides is 1. The predicted octanol–water partition coefficient (Wildman–Crippen LogP) is 3.16. The molecule has 0 atom stereocenters. The smallest absolute Gasteiger partial charge is 0.228 e. The first-order valence-corrected chi connectivity index (χ1v) is 6.08. The number of pyridine rings is 1. The van der Waals surface area contributed by atoms with Crippen LogP contribution in [-0.2, 0) is 11.2 Å². The van der Waals surface area contributed by atoms with Crippen molar-refractivity contribution in [2.75, 3.05) is 5.32 Å². The first-order chi connectivity index (χ1) is 8.63. The summed E-state index contributed by atoms with van der Waals surface area (Å²) in [4.78, 5) is 15.2. The minimum absolute atomic E-state index is 0.161. The van der Waals surface area contributed by atoms with Crippen molar-refractivity contribution >= 4 is 27.5 Å². The molecule has 1 aromatic carbocycles. The van der Waals surface area contributed by atoms with Crippen LogP contribution < -0.4 is 5.32 Å². The van der Waals surface area contributed by atoms with Crippen LogP contribution in [0.15, 0.2) is 47.1 Å². The van der Waals surface area contributed by atoms with Gasteiger partial charge in [0, 0.05) is 4.47 Å². The molecule has 0 aliphatic heterocycles. The molecular weight excluding hydrogens is 299 g/mol. The normalized spacial score (nSPS) is 10.1. The summed E-state index contributed by atoms with van der Waals surface area (Å²) in [5.74, 6) is -0.730. The fourth-order valence-corrected chi connectivity index (χ4v) is 1.71. The summed E-state index contributed by atoms with van der Waals surface area (Å²) in [6.45, 7) is 0. The van der Waals surface area contributed by atoms with E-state index in [1.165, 1.54) is 18.3 Å². The Bertz CT molecular complexity index is 490. The number of benzene rings is 1. The first kappa shape index (κ1) is 12.7. The molecule has 2 aromatic rings. The Kier molecular flexibility index (Phi) is 4.04. The van der Waals surface area contributed by atoms with Gasteiger partial charge in [-0.25, -0.2) is 4.98 Å². The zero-order chi connectivity index (χ0) is 13.0. The molecule has 0 fully saturated rings. The summed E-state index contributed by atoms with van der Waals surface area (Å²) in [7, 11) is 0. The lowest BCUT2D eigenvalue weighted by Gasteiger charge is -2.04. The second kappa shape index (κ2) is 5.73. The summed E-state index contributed by atoms with van der Waals surface area (Å²) >= 11 is 3.33. The Hall–Kier alpha value is -1.75. The fourth-order valence-electron chi connectivity index (χ4n) is 1.44. The quantitative estimate of drug-likeness (QED) is 0.885. The minimum Gasteiger partial charge on any atom is -0.324 e. The SMILES string of the molecule is O=C(Cc1ccc(Br)cc1)Nc1ccc(F)nc1. The number of hydrogen-bond donors (Lipinski definition) is 1. The number of hydrogen-bond acceptors (Lipinski definition) is 2. The summed E-state index contributed by atoms with van der Waals surface area (Å²) in [6, 6.07) is 10.2. The highest BCUT2D eigenvalue weighted by atomic mass is 79.9. The Morgan fingerprint density at radius 3 is 2.56 bits per heavy atom. The summed E-state index contributed by atoms with van der Waals surface area (Å²) in [6.07, 6.45) is 1.56. The summed E-state index contributed by atoms with van der Waals surface area (Å²) in [5, 5.41) is 2.65. The number of rotatable bonds is 3. The lowest BCUT2D eigenvalue weighted by atomic mass is 10.1. The maximum absolute atomic E-state index is 12.6. The molecule has 5 heteroatoms. The molecule has 0 bridgehead atoms. The standard InChI is InChI=1S/C13H10BrFN2O/c14-10-3-1-9(2-4-10)7-13(18)17-11-5-6-12(15)16-8-11/h1-6,8H,7H2,(H,17,18). The summed E-state index contributed by atoms with van der Waals surface area (Å²) < 4.78 is 13.5. The van der Waals surface area contributed by atoms with Crippen molar-refractivity contribution in [1.82, 2.24) is 4.98 Å². The molecule has 1 N–H and O–H groups in total. The van der Waals surface area contributed by atoms with Crippen molar-refractivity contribution in [3.8, 4) is 0 Å². The molecule has 1 aromatic heterocycles. The van der Waals surface area contributed by atoms with Gasteiger partial charge in [0.1, 0.15) is 0 Å². The average molecular weight is 309 g/mol. The molecule has 18 heavy (non-hydrogen) atoms. The molecule has 1 heterocycles. The molecule has 0 aliphatic carbocycles. The van der Waals surface area contributed by atoms with Gasteiger partial charge in [0.25, 0.3) is 0 Å². The molecule has 2 rings (SSSR count). The molecule has 92 valence electrons. The first-order valence-electron chi connectivity index (χ1n) is 5.29. The van der Waals surface area contributed by atoms with Crippen LogP contribution in [-0.4, -0.2) is 10.9 Å². The average Bonchev–Trinajstić information content (AvgIpc) is 2.35. The van der Waals surface area contributed by atoms with E-state index in [1.54, 1.807) is 0 Å². The van der Waals surface area contributed by atoms with Crippen LogP contribution in [0.4, 0.5) is 10.1 Å². The Morgan fingerprint density at radius 1 is 1.22 bits per heavy atom. The Balaban J connectivity index is 1.96. The highest BCUT2D eigenvalue weighted by Crippen LogP contribution is 2.12. The van der Waals surface area contributed by atoms with Gasteiger partial charge in [0.2, 0.25) is 11.9 Å². The molecule has 0 radical (unpaired) electrons. The van der Waals surface area contributed by atoms with Crippen LogP contribution in [0.2, 0.25) is 0 Å². The van der Waals surface area contributed by atoms with Crippen molar-refractivity contribution in [3.63, 3.8) is 0 Å². The molecule has 0 aliphatic rings. The van der Waals surface area contributed by atoms with Crippen molar-refractivity contribution < 1.29 is 9.18 Å². The number of anilines is 1. The monoisotopic (exact) mass is 308 g/mol. The molecule has 3 nitrogen and oxygen atoms in total. The van der Waals surface area contributed by atoms with E-state index >= 15 is 0 Å². The van der Waals surface area contributed by atoms with E-state index in [-0.39, 0.29) is 12.3 Å². The van der Waals surface area contributed by atoms with Gasteiger partial charge in [-0.1, -0.05) is 28.1 Å². The Morgan fingerprint density at radius 2 is 1.94 bits per heavy atom. The molecular formula is C13H10BrFN2O. The Labute approximate surface area is 112 Å². The van der Waals surface area contributed by atoms with E-state index < -0.39 is 5.95 Å². The van der Waals surface area contributed by atoms with Gasteiger partial charge in [-0.3, -0.25) is 4.79 Å². The third-order valence-electron chi connectivity index (χ3n) is 2.29. The van der Waals surface area contributed by atoms with E-state index in [0.29, 0.717) is 5.69 Å². The van der Waals surface area contributed by atoms with Crippen LogP contribution in [0.3, 0.4) is 0 Å². The van der Waals surface area contributed by atoms with Crippen molar-refractivity contribution in [2.45, 2.75) is 6.42 Å². The minimum atomic E-state index is -0.569. The third-order valence-corrected chi connectivity index (χ3v) is 2.82. The van der Waals surface area contributed by atoms with Crippen LogP contribution >= 0.6 is 15.9 Å².